The van der Waals surface area contributed by atoms with Crippen LogP contribution in [0.25, 0.3) is 22.1 Å². The summed E-state index contributed by atoms with van der Waals surface area (Å²) >= 11 is 6.06. The number of nitrogens with zero attached hydrogens (tertiary/aromatic N) is 1. The number of hydrogen-bond donors (Lipinski definition) is 2. The molecule has 2 N–H and O–H groups in total. The molecule has 1 aliphatic heterocycles. The first kappa shape index (κ1) is 24.3. The standard InChI is InChI=1S/C29H30ClNO5/c1-34-25-18-24-27(29(33)28(25)32)26(23(36-24)17-19-5-9-21(30)10-6-19)20-7-11-22(12-8-20)35-16-15-31-13-3-2-4-14-31/h5-12,18,32-33H,2-4,13-17H2,1H3. The third-order valence-electron chi connectivity index (χ3n) is 6.73. The van der Waals surface area contributed by atoms with Gasteiger partial charge in [-0.2, -0.15) is 0 Å². The van der Waals surface area contributed by atoms with E-state index in [1.807, 2.05) is 48.5 Å². The van der Waals surface area contributed by atoms with Crippen LogP contribution in [-0.2, 0) is 6.42 Å². The van der Waals surface area contributed by atoms with Crippen LogP contribution >= 0.6 is 11.6 Å². The fourth-order valence-corrected chi connectivity index (χ4v) is 4.95. The molecule has 0 amide bonds. The zero-order chi connectivity index (χ0) is 25.1. The van der Waals surface area contributed by atoms with Crippen molar-refractivity contribution in [1.82, 2.24) is 4.90 Å². The lowest BCUT2D eigenvalue weighted by Gasteiger charge is -2.26. The highest BCUT2D eigenvalue weighted by atomic mass is 35.5. The Bertz CT molecular complexity index is 1330. The number of furan rings is 1. The van der Waals surface area contributed by atoms with E-state index in [0.717, 1.165) is 42.1 Å². The number of hydrogen-bond acceptors (Lipinski definition) is 6. The van der Waals surface area contributed by atoms with Crippen molar-refractivity contribution in [1.29, 1.82) is 0 Å². The van der Waals surface area contributed by atoms with Gasteiger partial charge in [0, 0.05) is 29.6 Å². The molecule has 1 saturated heterocycles. The van der Waals surface area contributed by atoms with Gasteiger partial charge in [0.1, 0.15) is 23.7 Å². The lowest BCUT2D eigenvalue weighted by Crippen LogP contribution is -2.33. The van der Waals surface area contributed by atoms with Crippen LogP contribution in [0.1, 0.15) is 30.6 Å². The van der Waals surface area contributed by atoms with Gasteiger partial charge in [-0.1, -0.05) is 42.3 Å². The normalized spacial score (nSPS) is 14.3. The fourth-order valence-electron chi connectivity index (χ4n) is 4.82. The summed E-state index contributed by atoms with van der Waals surface area (Å²) in [6.07, 6.45) is 4.33. The van der Waals surface area contributed by atoms with Gasteiger partial charge in [0.2, 0.25) is 5.75 Å². The van der Waals surface area contributed by atoms with Crippen molar-refractivity contribution in [2.75, 3.05) is 33.4 Å². The van der Waals surface area contributed by atoms with Gasteiger partial charge in [-0.05, 0) is 61.3 Å². The minimum absolute atomic E-state index is 0.149. The van der Waals surface area contributed by atoms with Crippen molar-refractivity contribution in [2.24, 2.45) is 0 Å². The zero-order valence-corrected chi connectivity index (χ0v) is 21.1. The van der Waals surface area contributed by atoms with E-state index in [0.29, 0.717) is 34.8 Å². The van der Waals surface area contributed by atoms with E-state index >= 15 is 0 Å². The number of aromatic hydroxyl groups is 2. The van der Waals surface area contributed by atoms with Crippen LogP contribution in [0.3, 0.4) is 0 Å². The van der Waals surface area contributed by atoms with Crippen LogP contribution in [0, 0.1) is 0 Å². The molecule has 3 aromatic carbocycles. The smallest absolute Gasteiger partial charge is 0.201 e. The molecule has 188 valence electrons. The highest BCUT2D eigenvalue weighted by molar-refractivity contribution is 6.30. The first-order valence-electron chi connectivity index (χ1n) is 12.3. The van der Waals surface area contributed by atoms with Gasteiger partial charge in [-0.15, -0.1) is 0 Å². The van der Waals surface area contributed by atoms with Crippen LogP contribution in [0.2, 0.25) is 5.02 Å². The van der Waals surface area contributed by atoms with Crippen LogP contribution in [0.5, 0.6) is 23.0 Å². The molecule has 0 aliphatic carbocycles. The summed E-state index contributed by atoms with van der Waals surface area (Å²) in [6.45, 7) is 3.86. The maximum Gasteiger partial charge on any atom is 0.201 e. The maximum atomic E-state index is 10.9. The molecule has 36 heavy (non-hydrogen) atoms. The Morgan fingerprint density at radius 1 is 0.944 bits per heavy atom. The minimum atomic E-state index is -0.317. The third kappa shape index (κ3) is 5.11. The van der Waals surface area contributed by atoms with Crippen LogP contribution in [0.4, 0.5) is 0 Å². The van der Waals surface area contributed by atoms with Gasteiger partial charge in [-0.3, -0.25) is 4.90 Å². The Labute approximate surface area is 215 Å². The molecule has 1 aliphatic rings. The number of ether oxygens (including phenoxy) is 2. The second kappa shape index (κ2) is 10.7. The average Bonchev–Trinajstić information content (AvgIpc) is 3.26. The number of rotatable bonds is 8. The molecular weight excluding hydrogens is 478 g/mol. The summed E-state index contributed by atoms with van der Waals surface area (Å²) in [6, 6.07) is 16.9. The summed E-state index contributed by atoms with van der Waals surface area (Å²) in [5.74, 6) is 1.01. The van der Waals surface area contributed by atoms with Gasteiger partial charge in [0.25, 0.3) is 0 Å². The van der Waals surface area contributed by atoms with Crippen LogP contribution in [0.15, 0.2) is 59.0 Å². The van der Waals surface area contributed by atoms with Crippen molar-refractivity contribution in [2.45, 2.75) is 25.7 Å². The molecule has 0 atom stereocenters. The summed E-state index contributed by atoms with van der Waals surface area (Å²) in [4.78, 5) is 2.45. The first-order chi connectivity index (χ1) is 17.5. The van der Waals surface area contributed by atoms with E-state index in [1.54, 1.807) is 6.07 Å². The second-order valence-corrected chi connectivity index (χ2v) is 9.56. The Morgan fingerprint density at radius 3 is 2.36 bits per heavy atom. The van der Waals surface area contributed by atoms with E-state index in [9.17, 15) is 10.2 Å². The number of halogens is 1. The Balaban J connectivity index is 1.46. The summed E-state index contributed by atoms with van der Waals surface area (Å²) in [7, 11) is 1.43. The summed E-state index contributed by atoms with van der Waals surface area (Å²) in [5.41, 5.74) is 3.01. The molecule has 2 heterocycles. The van der Waals surface area contributed by atoms with Gasteiger partial charge in [-0.25, -0.2) is 0 Å². The van der Waals surface area contributed by atoms with E-state index in [-0.39, 0.29) is 17.2 Å². The second-order valence-electron chi connectivity index (χ2n) is 9.13. The molecule has 0 unspecified atom stereocenters. The van der Waals surface area contributed by atoms with Crippen molar-refractivity contribution >= 4 is 22.6 Å². The highest BCUT2D eigenvalue weighted by Crippen LogP contribution is 2.48. The summed E-state index contributed by atoms with van der Waals surface area (Å²) < 4.78 is 17.4. The maximum absolute atomic E-state index is 10.9. The van der Waals surface area contributed by atoms with Gasteiger partial charge in [0.15, 0.2) is 11.5 Å². The van der Waals surface area contributed by atoms with Crippen molar-refractivity contribution in [3.8, 4) is 34.1 Å². The Morgan fingerprint density at radius 2 is 1.67 bits per heavy atom. The number of phenolic OH excluding ortho intramolecular Hbond substituents is 2. The molecule has 4 aromatic rings. The van der Waals surface area contributed by atoms with E-state index < -0.39 is 0 Å². The van der Waals surface area contributed by atoms with Crippen molar-refractivity contribution in [3.05, 3.63) is 70.9 Å². The lowest BCUT2D eigenvalue weighted by molar-refractivity contribution is 0.183. The number of piperidine rings is 1. The van der Waals surface area contributed by atoms with Gasteiger partial charge >= 0.3 is 0 Å². The molecule has 0 spiro atoms. The average molecular weight is 508 g/mol. The highest BCUT2D eigenvalue weighted by Gasteiger charge is 2.24. The van der Waals surface area contributed by atoms with E-state index in [4.69, 9.17) is 25.5 Å². The Hall–Kier alpha value is -3.35. The molecule has 6 nitrogen and oxygen atoms in total. The quantitative estimate of drug-likeness (QED) is 0.261. The number of fused-ring (bicyclic) bond motifs is 1. The molecule has 0 saturated carbocycles. The third-order valence-corrected chi connectivity index (χ3v) is 6.98. The predicted octanol–water partition coefficient (Wildman–Crippen LogP) is 6.63. The first-order valence-corrected chi connectivity index (χ1v) is 12.7. The van der Waals surface area contributed by atoms with E-state index in [1.165, 1.54) is 26.4 Å². The predicted molar refractivity (Wildman–Crippen MR) is 142 cm³/mol. The Kier molecular flexibility index (Phi) is 7.25. The fraction of sp³-hybridized carbons (Fsp3) is 0.310. The molecule has 0 radical (unpaired) electrons. The number of phenols is 2. The molecule has 5 rings (SSSR count). The van der Waals surface area contributed by atoms with E-state index in [2.05, 4.69) is 4.90 Å². The van der Waals surface area contributed by atoms with Crippen LogP contribution in [-0.4, -0.2) is 48.5 Å². The summed E-state index contributed by atoms with van der Waals surface area (Å²) in [5, 5.41) is 22.5. The van der Waals surface area contributed by atoms with Crippen molar-refractivity contribution < 1.29 is 24.1 Å². The molecule has 7 heteroatoms. The molecule has 1 fully saturated rings. The molecular formula is C29H30ClNO5. The van der Waals surface area contributed by atoms with Gasteiger partial charge in [0.05, 0.1) is 12.5 Å². The topological polar surface area (TPSA) is 75.3 Å². The minimum Gasteiger partial charge on any atom is -0.504 e. The van der Waals surface area contributed by atoms with Gasteiger partial charge < -0.3 is 24.1 Å². The molecule has 1 aromatic heterocycles. The van der Waals surface area contributed by atoms with Crippen molar-refractivity contribution in [3.63, 3.8) is 0 Å². The number of methoxy groups -OCH3 is 1. The lowest BCUT2D eigenvalue weighted by atomic mass is 9.98. The zero-order valence-electron chi connectivity index (χ0n) is 20.3. The largest absolute Gasteiger partial charge is 0.504 e. The SMILES string of the molecule is COc1cc2oc(Cc3ccc(Cl)cc3)c(-c3ccc(OCCN4CCCCC4)cc3)c2c(O)c1O. The monoisotopic (exact) mass is 507 g/mol. The van der Waals surface area contributed by atoms with Crippen LogP contribution < -0.4 is 9.47 Å². The number of likely N-dealkylation sites (tertiary alicyclic amines) is 1. The number of benzene rings is 3. The molecule has 0 bridgehead atoms.